The largest absolute Gasteiger partial charge is 0.508 e. The van der Waals surface area contributed by atoms with Crippen LogP contribution in [0.1, 0.15) is 26.7 Å². The number of aromatic hydroxyl groups is 1. The van der Waals surface area contributed by atoms with Gasteiger partial charge in [-0.05, 0) is 49.9 Å². The van der Waals surface area contributed by atoms with Crippen molar-refractivity contribution in [3.8, 4) is 5.75 Å². The molecule has 1 heterocycles. The average Bonchev–Trinajstić information content (AvgIpc) is 2.53. The molecule has 1 aromatic carbocycles. The summed E-state index contributed by atoms with van der Waals surface area (Å²) in [6.45, 7) is 7.09. The molecule has 1 aliphatic rings. The summed E-state index contributed by atoms with van der Waals surface area (Å²) >= 11 is 0. The first-order valence-corrected chi connectivity index (χ1v) is 8.20. The monoisotopic (exact) mass is 446 g/mol. The molecule has 1 saturated heterocycles. The number of carbonyl (C=O) groups is 1. The van der Waals surface area contributed by atoms with Gasteiger partial charge in [-0.1, -0.05) is 6.92 Å². The summed E-state index contributed by atoms with van der Waals surface area (Å²) < 4.78 is 0. The van der Waals surface area contributed by atoms with Gasteiger partial charge in [-0.25, -0.2) is 4.99 Å². The van der Waals surface area contributed by atoms with Crippen LogP contribution in [0.4, 0.5) is 5.69 Å². The van der Waals surface area contributed by atoms with Crippen LogP contribution in [-0.2, 0) is 4.79 Å². The number of amides is 1. The van der Waals surface area contributed by atoms with E-state index in [1.807, 2.05) is 6.92 Å². The molecule has 2 rings (SSSR count). The highest BCUT2D eigenvalue weighted by Crippen LogP contribution is 2.16. The minimum atomic E-state index is -0.170. The third kappa shape index (κ3) is 6.54. The molecular formula is C17H27IN4O2. The molecule has 6 nitrogen and oxygen atoms in total. The molecular weight excluding hydrogens is 419 g/mol. The number of benzene rings is 1. The number of hydrogen-bond acceptors (Lipinski definition) is 3. The summed E-state index contributed by atoms with van der Waals surface area (Å²) in [7, 11) is 0. The van der Waals surface area contributed by atoms with E-state index in [1.165, 1.54) is 18.6 Å². The van der Waals surface area contributed by atoms with Crippen LogP contribution < -0.4 is 10.6 Å². The Kier molecular flexibility index (Phi) is 8.88. The van der Waals surface area contributed by atoms with E-state index in [-0.39, 0.29) is 42.2 Å². The molecule has 1 atom stereocenters. The zero-order valence-corrected chi connectivity index (χ0v) is 16.6. The van der Waals surface area contributed by atoms with Crippen molar-refractivity contribution in [2.24, 2.45) is 10.9 Å². The zero-order valence-electron chi connectivity index (χ0n) is 14.3. The van der Waals surface area contributed by atoms with Crippen molar-refractivity contribution in [2.45, 2.75) is 26.7 Å². The lowest BCUT2D eigenvalue weighted by atomic mass is 10.0. The predicted molar refractivity (Wildman–Crippen MR) is 108 cm³/mol. The number of phenolic OH excluding ortho intramolecular Hbond substituents is 1. The molecule has 1 unspecified atom stereocenters. The number of guanidine groups is 1. The molecule has 0 spiro atoms. The van der Waals surface area contributed by atoms with Gasteiger partial charge in [0.25, 0.3) is 0 Å². The third-order valence-corrected chi connectivity index (χ3v) is 3.81. The summed E-state index contributed by atoms with van der Waals surface area (Å²) in [6, 6.07) is 6.40. The summed E-state index contributed by atoms with van der Waals surface area (Å²) in [5.41, 5.74) is 0.652. The first-order chi connectivity index (χ1) is 11.1. The second-order valence-electron chi connectivity index (χ2n) is 5.96. The van der Waals surface area contributed by atoms with Gasteiger partial charge in [-0.2, -0.15) is 0 Å². The Balaban J connectivity index is 0.00000288. The van der Waals surface area contributed by atoms with E-state index in [9.17, 15) is 9.90 Å². The van der Waals surface area contributed by atoms with E-state index in [1.54, 1.807) is 12.1 Å². The standard InChI is InChI=1S/C17H26N4O2.HI/c1-3-18-17(21-10-4-5-13(2)12-21)19-11-16(23)20-14-6-8-15(22)9-7-14;/h6-9,13,22H,3-5,10-12H2,1-2H3,(H,18,19)(H,20,23);1H. The topological polar surface area (TPSA) is 77.0 Å². The lowest BCUT2D eigenvalue weighted by molar-refractivity contribution is -0.114. The van der Waals surface area contributed by atoms with Crippen LogP contribution in [0.25, 0.3) is 0 Å². The Morgan fingerprint density at radius 1 is 1.38 bits per heavy atom. The number of hydrogen-bond donors (Lipinski definition) is 3. The first kappa shape index (κ1) is 20.5. The Labute approximate surface area is 160 Å². The molecule has 24 heavy (non-hydrogen) atoms. The number of halogens is 1. The smallest absolute Gasteiger partial charge is 0.246 e. The quantitative estimate of drug-likeness (QED) is 0.288. The summed E-state index contributed by atoms with van der Waals surface area (Å²) in [5, 5.41) is 15.3. The SMILES string of the molecule is CCNC(=NCC(=O)Nc1ccc(O)cc1)N1CCCC(C)C1.I. The molecule has 134 valence electrons. The van der Waals surface area contributed by atoms with E-state index < -0.39 is 0 Å². The van der Waals surface area contributed by atoms with Crippen LogP contribution in [0.2, 0.25) is 0 Å². The highest BCUT2D eigenvalue weighted by atomic mass is 127. The molecule has 1 aliphatic heterocycles. The van der Waals surface area contributed by atoms with Gasteiger partial charge in [-0.3, -0.25) is 4.79 Å². The number of aliphatic imine (C=N–C) groups is 1. The van der Waals surface area contributed by atoms with Crippen molar-refractivity contribution < 1.29 is 9.90 Å². The van der Waals surface area contributed by atoms with Gasteiger partial charge in [0.2, 0.25) is 5.91 Å². The fourth-order valence-electron chi connectivity index (χ4n) is 2.70. The zero-order chi connectivity index (χ0) is 16.7. The van der Waals surface area contributed by atoms with Gasteiger partial charge in [0.05, 0.1) is 0 Å². The third-order valence-electron chi connectivity index (χ3n) is 3.81. The van der Waals surface area contributed by atoms with E-state index in [2.05, 4.69) is 27.4 Å². The van der Waals surface area contributed by atoms with Gasteiger partial charge in [0, 0.05) is 25.3 Å². The van der Waals surface area contributed by atoms with Crippen molar-refractivity contribution >= 4 is 41.5 Å². The molecule has 7 heteroatoms. The minimum absolute atomic E-state index is 0. The van der Waals surface area contributed by atoms with E-state index in [0.29, 0.717) is 11.6 Å². The molecule has 1 fully saturated rings. The van der Waals surface area contributed by atoms with Gasteiger partial charge < -0.3 is 20.6 Å². The van der Waals surface area contributed by atoms with Crippen LogP contribution in [0, 0.1) is 5.92 Å². The van der Waals surface area contributed by atoms with Crippen LogP contribution in [0.15, 0.2) is 29.3 Å². The lowest BCUT2D eigenvalue weighted by Gasteiger charge is -2.33. The van der Waals surface area contributed by atoms with E-state index in [4.69, 9.17) is 0 Å². The average molecular weight is 446 g/mol. The summed E-state index contributed by atoms with van der Waals surface area (Å²) in [4.78, 5) is 18.7. The summed E-state index contributed by atoms with van der Waals surface area (Å²) in [5.74, 6) is 1.46. The lowest BCUT2D eigenvalue weighted by Crippen LogP contribution is -2.46. The van der Waals surface area contributed by atoms with Crippen molar-refractivity contribution in [3.05, 3.63) is 24.3 Å². The number of likely N-dealkylation sites (tertiary alicyclic amines) is 1. The summed E-state index contributed by atoms with van der Waals surface area (Å²) in [6.07, 6.45) is 2.41. The molecule has 1 aromatic rings. The van der Waals surface area contributed by atoms with Crippen molar-refractivity contribution in [3.63, 3.8) is 0 Å². The fraction of sp³-hybridized carbons (Fsp3) is 0.529. The van der Waals surface area contributed by atoms with Crippen LogP contribution in [0.5, 0.6) is 5.75 Å². The second-order valence-corrected chi connectivity index (χ2v) is 5.96. The van der Waals surface area contributed by atoms with Crippen LogP contribution >= 0.6 is 24.0 Å². The Morgan fingerprint density at radius 3 is 2.71 bits per heavy atom. The molecule has 0 radical (unpaired) electrons. The maximum atomic E-state index is 12.0. The van der Waals surface area contributed by atoms with E-state index >= 15 is 0 Å². The Hall–Kier alpha value is -1.51. The molecule has 1 amide bonds. The number of piperidine rings is 1. The Morgan fingerprint density at radius 2 is 2.08 bits per heavy atom. The van der Waals surface area contributed by atoms with Gasteiger partial charge >= 0.3 is 0 Å². The molecule has 0 aromatic heterocycles. The molecule has 0 aliphatic carbocycles. The molecule has 0 saturated carbocycles. The number of phenols is 1. The van der Waals surface area contributed by atoms with Crippen molar-refractivity contribution in [2.75, 3.05) is 31.5 Å². The van der Waals surface area contributed by atoms with Crippen LogP contribution in [-0.4, -0.2) is 48.1 Å². The second kappa shape index (κ2) is 10.4. The van der Waals surface area contributed by atoms with E-state index in [0.717, 1.165) is 32.0 Å². The highest BCUT2D eigenvalue weighted by Gasteiger charge is 2.19. The van der Waals surface area contributed by atoms with Crippen molar-refractivity contribution in [1.82, 2.24) is 10.2 Å². The molecule has 0 bridgehead atoms. The number of nitrogens with zero attached hydrogens (tertiary/aromatic N) is 2. The molecule has 3 N–H and O–H groups in total. The number of rotatable bonds is 4. The maximum absolute atomic E-state index is 12.0. The predicted octanol–water partition coefficient (Wildman–Crippen LogP) is 2.65. The highest BCUT2D eigenvalue weighted by molar-refractivity contribution is 14.0. The van der Waals surface area contributed by atoms with Crippen LogP contribution in [0.3, 0.4) is 0 Å². The number of anilines is 1. The number of carbonyl (C=O) groups excluding carboxylic acids is 1. The van der Waals surface area contributed by atoms with Gasteiger partial charge in [0.1, 0.15) is 12.3 Å². The minimum Gasteiger partial charge on any atom is -0.508 e. The van der Waals surface area contributed by atoms with Gasteiger partial charge in [-0.15, -0.1) is 24.0 Å². The fourth-order valence-corrected chi connectivity index (χ4v) is 2.70. The van der Waals surface area contributed by atoms with Crippen molar-refractivity contribution in [1.29, 1.82) is 0 Å². The normalized spacial score (nSPS) is 17.8. The number of nitrogens with one attached hydrogen (secondary N) is 2. The van der Waals surface area contributed by atoms with Gasteiger partial charge in [0.15, 0.2) is 5.96 Å². The first-order valence-electron chi connectivity index (χ1n) is 8.20. The maximum Gasteiger partial charge on any atom is 0.246 e. The Bertz CT molecular complexity index is 548.